The minimum atomic E-state index is -0.231. The normalized spacial score (nSPS) is 9.55. The van der Waals surface area contributed by atoms with E-state index in [2.05, 4.69) is 4.98 Å². The summed E-state index contributed by atoms with van der Waals surface area (Å²) in [7, 11) is 0. The summed E-state index contributed by atoms with van der Waals surface area (Å²) >= 11 is 0. The second-order valence-corrected chi connectivity index (χ2v) is 2.14. The Morgan fingerprint density at radius 2 is 2.55 bits per heavy atom. The zero-order chi connectivity index (χ0) is 8.10. The first kappa shape index (κ1) is 7.78. The average molecular weight is 154 g/mol. The summed E-state index contributed by atoms with van der Waals surface area (Å²) in [5.41, 5.74) is 0. The van der Waals surface area contributed by atoms with Gasteiger partial charge in [-0.25, -0.2) is 9.78 Å². The molecule has 0 saturated carbocycles. The fourth-order valence-corrected chi connectivity index (χ4v) is 0.668. The maximum atomic E-state index is 10.8. The van der Waals surface area contributed by atoms with Gasteiger partial charge in [-0.3, -0.25) is 0 Å². The minimum absolute atomic E-state index is 0.231. The molecule has 0 amide bonds. The molecule has 4 nitrogen and oxygen atoms in total. The quantitative estimate of drug-likeness (QED) is 0.641. The van der Waals surface area contributed by atoms with Gasteiger partial charge in [-0.05, 0) is 6.42 Å². The van der Waals surface area contributed by atoms with Crippen LogP contribution >= 0.6 is 0 Å². The van der Waals surface area contributed by atoms with E-state index in [0.29, 0.717) is 6.42 Å². The molecule has 4 heteroatoms. The summed E-state index contributed by atoms with van der Waals surface area (Å²) in [6, 6.07) is 0. The van der Waals surface area contributed by atoms with Gasteiger partial charge in [-0.2, -0.15) is 4.73 Å². The molecule has 0 unspecified atom stereocenters. The van der Waals surface area contributed by atoms with Crippen molar-refractivity contribution in [3.8, 4) is 0 Å². The van der Waals surface area contributed by atoms with E-state index < -0.39 is 0 Å². The number of hydrogen-bond donors (Lipinski definition) is 0. The molecule has 0 atom stereocenters. The first-order valence-corrected chi connectivity index (χ1v) is 3.52. The van der Waals surface area contributed by atoms with Crippen LogP contribution in [0.4, 0.5) is 0 Å². The molecule has 0 aliphatic carbocycles. The predicted octanol–water partition coefficient (Wildman–Crippen LogP) is 0.638. The fraction of sp³-hybridized carbons (Fsp3) is 0.429. The lowest BCUT2D eigenvalue weighted by atomic mass is 10.3. The Labute approximate surface area is 64.8 Å². The monoisotopic (exact) mass is 154 g/mol. The number of carbonyl (C=O) groups excluding carboxylic acids is 1. The predicted molar refractivity (Wildman–Crippen MR) is 38.7 cm³/mol. The van der Waals surface area contributed by atoms with Crippen molar-refractivity contribution < 1.29 is 9.63 Å². The Morgan fingerprint density at radius 1 is 1.73 bits per heavy atom. The van der Waals surface area contributed by atoms with Crippen molar-refractivity contribution in [3.63, 3.8) is 0 Å². The van der Waals surface area contributed by atoms with Gasteiger partial charge >= 0.3 is 5.97 Å². The largest absolute Gasteiger partial charge is 0.336 e. The van der Waals surface area contributed by atoms with E-state index >= 15 is 0 Å². The fourth-order valence-electron chi connectivity index (χ4n) is 0.668. The Kier molecular flexibility index (Phi) is 2.66. The zero-order valence-electron chi connectivity index (χ0n) is 6.36. The third-order valence-corrected chi connectivity index (χ3v) is 1.14. The maximum absolute atomic E-state index is 10.8. The van der Waals surface area contributed by atoms with Crippen LogP contribution in [0, 0.1) is 0 Å². The molecular formula is C7H10N2O2. The van der Waals surface area contributed by atoms with E-state index in [1.165, 1.54) is 11.1 Å². The van der Waals surface area contributed by atoms with Gasteiger partial charge in [0.15, 0.2) is 0 Å². The lowest BCUT2D eigenvalue weighted by Gasteiger charge is -2.00. The first-order valence-electron chi connectivity index (χ1n) is 3.52. The molecule has 1 aromatic rings. The zero-order valence-corrected chi connectivity index (χ0v) is 6.36. The van der Waals surface area contributed by atoms with Crippen LogP contribution < -0.4 is 4.84 Å². The highest BCUT2D eigenvalue weighted by atomic mass is 16.7. The molecule has 0 fully saturated rings. The summed E-state index contributed by atoms with van der Waals surface area (Å²) in [4.78, 5) is 19.4. The number of carbonyl (C=O) groups is 1. The molecule has 0 bridgehead atoms. The molecule has 0 N–H and O–H groups in total. The van der Waals surface area contributed by atoms with E-state index in [9.17, 15) is 4.79 Å². The highest BCUT2D eigenvalue weighted by Crippen LogP contribution is 1.88. The van der Waals surface area contributed by atoms with Crippen LogP contribution in [0.3, 0.4) is 0 Å². The highest BCUT2D eigenvalue weighted by Gasteiger charge is 2.00. The molecule has 0 spiro atoms. The Balaban J connectivity index is 2.37. The number of hydrogen-bond acceptors (Lipinski definition) is 3. The van der Waals surface area contributed by atoms with Gasteiger partial charge in [0.25, 0.3) is 0 Å². The smallest absolute Gasteiger partial charge is 0.332 e. The summed E-state index contributed by atoms with van der Waals surface area (Å²) in [6.45, 7) is 1.93. The second-order valence-electron chi connectivity index (χ2n) is 2.14. The second kappa shape index (κ2) is 3.75. The lowest BCUT2D eigenvalue weighted by Crippen LogP contribution is -2.17. The van der Waals surface area contributed by atoms with E-state index in [1.807, 2.05) is 6.92 Å². The Hall–Kier alpha value is -1.32. The summed E-state index contributed by atoms with van der Waals surface area (Å²) in [5.74, 6) is -0.231. The van der Waals surface area contributed by atoms with Crippen molar-refractivity contribution in [2.75, 3.05) is 0 Å². The summed E-state index contributed by atoms with van der Waals surface area (Å²) in [5, 5.41) is 0. The molecule has 0 aliphatic rings. The van der Waals surface area contributed by atoms with E-state index in [4.69, 9.17) is 4.84 Å². The molecule has 1 rings (SSSR count). The third kappa shape index (κ3) is 2.41. The van der Waals surface area contributed by atoms with Crippen LogP contribution in [-0.2, 0) is 4.79 Å². The van der Waals surface area contributed by atoms with Crippen molar-refractivity contribution >= 4 is 5.97 Å². The van der Waals surface area contributed by atoms with Crippen LogP contribution in [-0.4, -0.2) is 15.7 Å². The summed E-state index contributed by atoms with van der Waals surface area (Å²) < 4.78 is 1.29. The van der Waals surface area contributed by atoms with Gasteiger partial charge < -0.3 is 4.84 Å². The average Bonchev–Trinajstić information content (AvgIpc) is 2.40. The van der Waals surface area contributed by atoms with Crippen LogP contribution in [0.2, 0.25) is 0 Å². The highest BCUT2D eigenvalue weighted by molar-refractivity contribution is 5.69. The van der Waals surface area contributed by atoms with Gasteiger partial charge in [0.2, 0.25) is 0 Å². The molecule has 60 valence electrons. The van der Waals surface area contributed by atoms with Crippen molar-refractivity contribution in [3.05, 3.63) is 18.7 Å². The Morgan fingerprint density at radius 3 is 3.09 bits per heavy atom. The van der Waals surface area contributed by atoms with Crippen molar-refractivity contribution in [2.45, 2.75) is 19.8 Å². The van der Waals surface area contributed by atoms with Gasteiger partial charge in [-0.15, -0.1) is 0 Å². The number of rotatable bonds is 3. The minimum Gasteiger partial charge on any atom is -0.336 e. The van der Waals surface area contributed by atoms with Crippen LogP contribution in [0.1, 0.15) is 19.8 Å². The molecule has 11 heavy (non-hydrogen) atoms. The molecule has 0 aromatic carbocycles. The van der Waals surface area contributed by atoms with E-state index in [-0.39, 0.29) is 5.97 Å². The molecule has 1 heterocycles. The number of aromatic nitrogens is 2. The number of nitrogens with zero attached hydrogens (tertiary/aromatic N) is 2. The topological polar surface area (TPSA) is 44.1 Å². The van der Waals surface area contributed by atoms with Crippen LogP contribution in [0.15, 0.2) is 18.7 Å². The van der Waals surface area contributed by atoms with Gasteiger partial charge in [-0.1, -0.05) is 6.92 Å². The van der Waals surface area contributed by atoms with Gasteiger partial charge in [0.05, 0.1) is 6.20 Å². The molecule has 0 radical (unpaired) electrons. The van der Waals surface area contributed by atoms with Gasteiger partial charge in [0, 0.05) is 12.6 Å². The lowest BCUT2D eigenvalue weighted by molar-refractivity contribution is -0.144. The van der Waals surface area contributed by atoms with E-state index in [0.717, 1.165) is 6.42 Å². The van der Waals surface area contributed by atoms with Gasteiger partial charge in [0.1, 0.15) is 6.33 Å². The van der Waals surface area contributed by atoms with Crippen LogP contribution in [0.5, 0.6) is 0 Å². The summed E-state index contributed by atoms with van der Waals surface area (Å²) in [6.07, 6.45) is 5.81. The third-order valence-electron chi connectivity index (χ3n) is 1.14. The number of imidazole rings is 1. The van der Waals surface area contributed by atoms with Crippen molar-refractivity contribution in [1.29, 1.82) is 0 Å². The van der Waals surface area contributed by atoms with Crippen LogP contribution in [0.25, 0.3) is 0 Å². The maximum Gasteiger partial charge on any atom is 0.332 e. The van der Waals surface area contributed by atoms with Crippen molar-refractivity contribution in [2.24, 2.45) is 0 Å². The first-order chi connectivity index (χ1) is 5.33. The standard InChI is InChI=1S/C7H10N2O2/c1-2-3-7(10)11-9-5-4-8-6-9/h4-6H,2-3H2,1H3. The van der Waals surface area contributed by atoms with E-state index in [1.54, 1.807) is 12.4 Å². The Bertz CT molecular complexity index is 218. The molecule has 0 aliphatic heterocycles. The SMILES string of the molecule is CCCC(=O)On1ccnc1. The molecular weight excluding hydrogens is 144 g/mol. The molecule has 0 saturated heterocycles. The molecule has 1 aromatic heterocycles. The van der Waals surface area contributed by atoms with Crippen molar-refractivity contribution in [1.82, 2.24) is 9.71 Å².